The van der Waals surface area contributed by atoms with Crippen molar-refractivity contribution in [1.29, 1.82) is 0 Å². The fourth-order valence-electron chi connectivity index (χ4n) is 4.34. The van der Waals surface area contributed by atoms with E-state index in [1.54, 1.807) is 21.3 Å². The SMILES string of the molecule is Cn1ncc2c(N3CCN(S(=O)(=O)c4ccc5c(c4)CCC5)CC3)ccnc21. The van der Waals surface area contributed by atoms with E-state index in [0.717, 1.165) is 36.0 Å². The van der Waals surface area contributed by atoms with Crippen LogP contribution in [-0.4, -0.2) is 53.7 Å². The number of rotatable bonds is 3. The average molecular weight is 398 g/mol. The van der Waals surface area contributed by atoms with Gasteiger partial charge in [-0.1, -0.05) is 6.07 Å². The van der Waals surface area contributed by atoms with Crippen molar-refractivity contribution in [3.8, 4) is 0 Å². The van der Waals surface area contributed by atoms with Crippen LogP contribution in [0.2, 0.25) is 0 Å². The van der Waals surface area contributed by atoms with Gasteiger partial charge in [-0.2, -0.15) is 9.40 Å². The summed E-state index contributed by atoms with van der Waals surface area (Å²) in [4.78, 5) is 7.04. The second-order valence-electron chi connectivity index (χ2n) is 7.51. The highest BCUT2D eigenvalue weighted by Crippen LogP contribution is 2.29. The largest absolute Gasteiger partial charge is 0.368 e. The number of piperazine rings is 1. The smallest absolute Gasteiger partial charge is 0.243 e. The number of fused-ring (bicyclic) bond motifs is 2. The standard InChI is InChI=1S/C20H23N5O2S/c1-23-20-18(14-22-23)19(7-8-21-20)24-9-11-25(12-10-24)28(26,27)17-6-5-15-3-2-4-16(15)13-17/h5-8,13-14H,2-4,9-12H2,1H3. The lowest BCUT2D eigenvalue weighted by atomic mass is 10.1. The number of pyridine rings is 1. The summed E-state index contributed by atoms with van der Waals surface area (Å²) in [6, 6.07) is 7.62. The molecular weight excluding hydrogens is 374 g/mol. The Morgan fingerprint density at radius 1 is 1.00 bits per heavy atom. The summed E-state index contributed by atoms with van der Waals surface area (Å²) in [6.45, 7) is 2.25. The molecular formula is C20H23N5O2S. The number of sulfonamides is 1. The molecule has 5 rings (SSSR count). The second-order valence-corrected chi connectivity index (χ2v) is 9.45. The van der Waals surface area contributed by atoms with Crippen LogP contribution in [0.3, 0.4) is 0 Å². The van der Waals surface area contributed by atoms with Gasteiger partial charge in [-0.25, -0.2) is 13.4 Å². The second kappa shape index (κ2) is 6.56. The predicted molar refractivity (Wildman–Crippen MR) is 108 cm³/mol. The van der Waals surface area contributed by atoms with E-state index in [-0.39, 0.29) is 0 Å². The summed E-state index contributed by atoms with van der Waals surface area (Å²) < 4.78 is 29.6. The first-order valence-corrected chi connectivity index (χ1v) is 11.1. The maximum absolute atomic E-state index is 13.1. The van der Waals surface area contributed by atoms with Gasteiger partial charge in [0.05, 0.1) is 22.2 Å². The molecule has 0 saturated carbocycles. The van der Waals surface area contributed by atoms with Crippen LogP contribution in [0.5, 0.6) is 0 Å². The first-order chi connectivity index (χ1) is 13.5. The van der Waals surface area contributed by atoms with Crippen molar-refractivity contribution in [3.63, 3.8) is 0 Å². The molecule has 146 valence electrons. The Morgan fingerprint density at radius 3 is 2.61 bits per heavy atom. The Balaban J connectivity index is 1.36. The maximum atomic E-state index is 13.1. The van der Waals surface area contributed by atoms with Gasteiger partial charge in [0, 0.05) is 39.4 Å². The summed E-state index contributed by atoms with van der Waals surface area (Å²) in [5.41, 5.74) is 4.38. The molecule has 1 aliphatic carbocycles. The molecule has 0 spiro atoms. The zero-order valence-electron chi connectivity index (χ0n) is 15.9. The van der Waals surface area contributed by atoms with E-state index < -0.39 is 10.0 Å². The van der Waals surface area contributed by atoms with Crippen LogP contribution in [0.25, 0.3) is 11.0 Å². The molecule has 2 aliphatic rings. The van der Waals surface area contributed by atoms with Crippen LogP contribution in [-0.2, 0) is 29.9 Å². The molecule has 1 fully saturated rings. The maximum Gasteiger partial charge on any atom is 0.243 e. The van der Waals surface area contributed by atoms with Crippen LogP contribution in [0, 0.1) is 0 Å². The van der Waals surface area contributed by atoms with Crippen molar-refractivity contribution >= 4 is 26.7 Å². The van der Waals surface area contributed by atoms with Crippen LogP contribution in [0.1, 0.15) is 17.5 Å². The van der Waals surface area contributed by atoms with E-state index in [2.05, 4.69) is 15.0 Å². The van der Waals surface area contributed by atoms with E-state index >= 15 is 0 Å². The minimum absolute atomic E-state index is 0.431. The molecule has 0 bridgehead atoms. The summed E-state index contributed by atoms with van der Waals surface area (Å²) in [7, 11) is -1.57. The number of aromatic nitrogens is 3. The van der Waals surface area contributed by atoms with Crippen LogP contribution >= 0.6 is 0 Å². The first-order valence-electron chi connectivity index (χ1n) is 9.68. The van der Waals surface area contributed by atoms with Crippen molar-refractivity contribution in [2.24, 2.45) is 7.05 Å². The van der Waals surface area contributed by atoms with Crippen LogP contribution in [0.4, 0.5) is 5.69 Å². The van der Waals surface area contributed by atoms with E-state index in [1.165, 1.54) is 11.1 Å². The van der Waals surface area contributed by atoms with Gasteiger partial charge in [0.25, 0.3) is 0 Å². The minimum atomic E-state index is -3.45. The molecule has 8 heteroatoms. The monoisotopic (exact) mass is 397 g/mol. The first kappa shape index (κ1) is 17.6. The number of hydrogen-bond donors (Lipinski definition) is 0. The summed E-state index contributed by atoms with van der Waals surface area (Å²) in [5.74, 6) is 0. The Hall–Kier alpha value is -2.45. The molecule has 1 aliphatic heterocycles. The molecule has 1 aromatic carbocycles. The molecule has 3 heterocycles. The zero-order valence-corrected chi connectivity index (χ0v) is 16.7. The van der Waals surface area contributed by atoms with Crippen molar-refractivity contribution in [1.82, 2.24) is 19.1 Å². The number of benzene rings is 1. The van der Waals surface area contributed by atoms with Gasteiger partial charge in [0.15, 0.2) is 5.65 Å². The molecule has 0 amide bonds. The number of anilines is 1. The third-order valence-electron chi connectivity index (χ3n) is 5.90. The quantitative estimate of drug-likeness (QED) is 0.676. The minimum Gasteiger partial charge on any atom is -0.368 e. The van der Waals surface area contributed by atoms with Gasteiger partial charge in [-0.3, -0.25) is 4.68 Å². The highest BCUT2D eigenvalue weighted by atomic mass is 32.2. The van der Waals surface area contributed by atoms with Gasteiger partial charge < -0.3 is 4.90 Å². The van der Waals surface area contributed by atoms with Gasteiger partial charge in [-0.05, 0) is 48.6 Å². The third kappa shape index (κ3) is 2.79. The van der Waals surface area contributed by atoms with Gasteiger partial charge >= 0.3 is 0 Å². The Kier molecular flexibility index (Phi) is 4.13. The highest BCUT2D eigenvalue weighted by Gasteiger charge is 2.30. The van der Waals surface area contributed by atoms with Crippen LogP contribution < -0.4 is 4.90 Å². The summed E-state index contributed by atoms with van der Waals surface area (Å²) in [6.07, 6.45) is 6.77. The van der Waals surface area contributed by atoms with E-state index in [9.17, 15) is 8.42 Å². The lowest BCUT2D eigenvalue weighted by Crippen LogP contribution is -2.48. The van der Waals surface area contributed by atoms with Gasteiger partial charge in [0.1, 0.15) is 0 Å². The van der Waals surface area contributed by atoms with Gasteiger partial charge in [0.2, 0.25) is 10.0 Å². The van der Waals surface area contributed by atoms with E-state index in [0.29, 0.717) is 31.1 Å². The Morgan fingerprint density at radius 2 is 1.79 bits per heavy atom. The lowest BCUT2D eigenvalue weighted by molar-refractivity contribution is 0.385. The number of nitrogens with zero attached hydrogens (tertiary/aromatic N) is 5. The Labute approximate surface area is 164 Å². The van der Waals surface area contributed by atoms with Gasteiger partial charge in [-0.15, -0.1) is 0 Å². The topological polar surface area (TPSA) is 71.3 Å². The number of hydrogen-bond acceptors (Lipinski definition) is 5. The normalized spacial score (nSPS) is 18.0. The molecule has 2 aromatic heterocycles. The summed E-state index contributed by atoms with van der Waals surface area (Å²) in [5, 5.41) is 5.29. The molecule has 7 nitrogen and oxygen atoms in total. The van der Waals surface area contributed by atoms with Crippen LogP contribution in [0.15, 0.2) is 41.6 Å². The molecule has 0 radical (unpaired) electrons. The molecule has 28 heavy (non-hydrogen) atoms. The average Bonchev–Trinajstić information content (AvgIpc) is 3.34. The molecule has 0 atom stereocenters. The van der Waals surface area contributed by atoms with Crippen molar-refractivity contribution in [2.45, 2.75) is 24.2 Å². The molecule has 0 N–H and O–H groups in total. The van der Waals surface area contributed by atoms with Crippen molar-refractivity contribution < 1.29 is 8.42 Å². The molecule has 0 unspecified atom stereocenters. The summed E-state index contributed by atoms with van der Waals surface area (Å²) >= 11 is 0. The molecule has 3 aromatic rings. The fourth-order valence-corrected chi connectivity index (χ4v) is 5.81. The predicted octanol–water partition coefficient (Wildman–Crippen LogP) is 1.97. The van der Waals surface area contributed by atoms with Crippen molar-refractivity contribution in [3.05, 3.63) is 47.8 Å². The lowest BCUT2D eigenvalue weighted by Gasteiger charge is -2.35. The number of aryl methyl sites for hydroxylation is 3. The molecule has 1 saturated heterocycles. The van der Waals surface area contributed by atoms with E-state index in [1.807, 2.05) is 31.4 Å². The van der Waals surface area contributed by atoms with E-state index in [4.69, 9.17) is 0 Å². The van der Waals surface area contributed by atoms with Crippen molar-refractivity contribution in [2.75, 3.05) is 31.1 Å². The highest BCUT2D eigenvalue weighted by molar-refractivity contribution is 7.89. The third-order valence-corrected chi connectivity index (χ3v) is 7.79. The Bertz CT molecular complexity index is 1150. The fraction of sp³-hybridized carbons (Fsp3) is 0.400. The zero-order chi connectivity index (χ0) is 19.3.